The van der Waals surface area contributed by atoms with Crippen molar-refractivity contribution in [1.82, 2.24) is 0 Å². The van der Waals surface area contributed by atoms with E-state index in [1.807, 2.05) is 0 Å². The number of carbonyl (C=O) groups is 2. The van der Waals surface area contributed by atoms with Crippen LogP contribution >= 0.6 is 11.6 Å². The largest absolute Gasteiger partial charge is 0.481 e. The first-order chi connectivity index (χ1) is 10.0. The number of ether oxygens (including phenoxy) is 1. The van der Waals surface area contributed by atoms with Crippen molar-refractivity contribution in [3.05, 3.63) is 29.3 Å². The van der Waals surface area contributed by atoms with Gasteiger partial charge in [-0.2, -0.15) is 0 Å². The zero-order chi connectivity index (χ0) is 15.2. The summed E-state index contributed by atoms with van der Waals surface area (Å²) < 4.78 is 5.54. The monoisotopic (exact) mass is 311 g/mol. The van der Waals surface area contributed by atoms with E-state index in [4.69, 9.17) is 21.4 Å². The molecule has 1 aliphatic carbocycles. The van der Waals surface area contributed by atoms with Gasteiger partial charge in [0.05, 0.1) is 12.0 Å². The van der Waals surface area contributed by atoms with E-state index in [0.717, 1.165) is 0 Å². The van der Waals surface area contributed by atoms with Crippen LogP contribution in [-0.2, 0) is 14.3 Å². The molecule has 0 spiro atoms. The quantitative estimate of drug-likeness (QED) is 0.876. The highest BCUT2D eigenvalue weighted by atomic mass is 35.5. The van der Waals surface area contributed by atoms with Gasteiger partial charge in [0.2, 0.25) is 5.91 Å². The molecule has 0 heterocycles. The van der Waals surface area contributed by atoms with Crippen molar-refractivity contribution in [1.29, 1.82) is 0 Å². The number of benzene rings is 1. The van der Waals surface area contributed by atoms with Crippen molar-refractivity contribution in [2.24, 2.45) is 5.92 Å². The first-order valence-electron chi connectivity index (χ1n) is 6.94. The Morgan fingerprint density at radius 2 is 2.00 bits per heavy atom. The molecule has 1 saturated carbocycles. The molecule has 5 nitrogen and oxygen atoms in total. The Labute approximate surface area is 128 Å². The predicted octanol–water partition coefficient (Wildman–Crippen LogP) is 2.94. The van der Waals surface area contributed by atoms with Gasteiger partial charge in [-0.1, -0.05) is 17.7 Å². The second-order valence-electron chi connectivity index (χ2n) is 5.18. The lowest BCUT2D eigenvalue weighted by Gasteiger charge is -2.25. The third-order valence-corrected chi connectivity index (χ3v) is 3.82. The Hall–Kier alpha value is -1.59. The van der Waals surface area contributed by atoms with Crippen molar-refractivity contribution in [3.8, 4) is 0 Å². The van der Waals surface area contributed by atoms with Crippen molar-refractivity contribution in [2.75, 3.05) is 11.9 Å². The number of nitrogens with one attached hydrogen (secondary N) is 1. The number of hydrogen-bond donors (Lipinski definition) is 2. The van der Waals surface area contributed by atoms with Crippen LogP contribution in [0.5, 0.6) is 0 Å². The summed E-state index contributed by atoms with van der Waals surface area (Å²) in [7, 11) is 0. The molecular weight excluding hydrogens is 294 g/mol. The Balaban J connectivity index is 1.71. The Kier molecular flexibility index (Phi) is 5.59. The summed E-state index contributed by atoms with van der Waals surface area (Å²) in [5.41, 5.74) is 0.630. The van der Waals surface area contributed by atoms with Gasteiger partial charge in [0.15, 0.2) is 0 Å². The third kappa shape index (κ3) is 5.02. The summed E-state index contributed by atoms with van der Waals surface area (Å²) >= 11 is 5.84. The van der Waals surface area contributed by atoms with Crippen molar-refractivity contribution >= 4 is 29.2 Å². The van der Waals surface area contributed by atoms with E-state index in [9.17, 15) is 9.59 Å². The Morgan fingerprint density at radius 1 is 1.29 bits per heavy atom. The molecule has 0 bridgehead atoms. The second kappa shape index (κ2) is 7.43. The summed E-state index contributed by atoms with van der Waals surface area (Å²) in [5.74, 6) is -1.25. The first-order valence-corrected chi connectivity index (χ1v) is 7.32. The molecule has 114 valence electrons. The second-order valence-corrected chi connectivity index (χ2v) is 5.62. The fraction of sp³-hybridized carbons (Fsp3) is 0.467. The van der Waals surface area contributed by atoms with Gasteiger partial charge < -0.3 is 15.2 Å². The summed E-state index contributed by atoms with van der Waals surface area (Å²) in [6.07, 6.45) is 2.54. The molecular formula is C15H18ClNO4. The molecule has 21 heavy (non-hydrogen) atoms. The zero-order valence-corrected chi connectivity index (χ0v) is 12.3. The maximum atomic E-state index is 11.8. The van der Waals surface area contributed by atoms with Gasteiger partial charge in [0.25, 0.3) is 0 Å². The van der Waals surface area contributed by atoms with Crippen LogP contribution in [0.1, 0.15) is 25.7 Å². The van der Waals surface area contributed by atoms with Crippen molar-refractivity contribution in [2.45, 2.75) is 31.8 Å². The van der Waals surface area contributed by atoms with E-state index in [0.29, 0.717) is 36.4 Å². The molecule has 2 rings (SSSR count). The molecule has 2 N–H and O–H groups in total. The smallest absolute Gasteiger partial charge is 0.306 e. The lowest BCUT2D eigenvalue weighted by Crippen LogP contribution is -2.29. The molecule has 0 saturated heterocycles. The minimum absolute atomic E-state index is 0.0328. The Bertz CT molecular complexity index is 512. The van der Waals surface area contributed by atoms with Gasteiger partial charge >= 0.3 is 5.97 Å². The highest BCUT2D eigenvalue weighted by Crippen LogP contribution is 2.26. The highest BCUT2D eigenvalue weighted by Gasteiger charge is 2.26. The molecule has 1 aliphatic rings. The topological polar surface area (TPSA) is 75.6 Å². The van der Waals surface area contributed by atoms with E-state index >= 15 is 0 Å². The Morgan fingerprint density at radius 3 is 2.62 bits per heavy atom. The van der Waals surface area contributed by atoms with Crippen LogP contribution in [0.4, 0.5) is 5.69 Å². The number of carbonyl (C=O) groups excluding carboxylic acids is 1. The number of hydrogen-bond acceptors (Lipinski definition) is 3. The molecule has 6 heteroatoms. The van der Waals surface area contributed by atoms with Crippen LogP contribution in [0, 0.1) is 5.92 Å². The molecule has 0 unspecified atom stereocenters. The number of anilines is 1. The number of carboxylic acid groups (broad SMARTS) is 1. The molecule has 0 radical (unpaired) electrons. The predicted molar refractivity (Wildman–Crippen MR) is 79.4 cm³/mol. The molecule has 0 aliphatic heterocycles. The molecule has 1 aromatic rings. The fourth-order valence-electron chi connectivity index (χ4n) is 2.43. The fourth-order valence-corrected chi connectivity index (χ4v) is 2.62. The maximum absolute atomic E-state index is 11.8. The van der Waals surface area contributed by atoms with E-state index in [-0.39, 0.29) is 24.5 Å². The summed E-state index contributed by atoms with van der Waals surface area (Å²) in [6, 6.07) is 6.90. The minimum Gasteiger partial charge on any atom is -0.481 e. The van der Waals surface area contributed by atoms with Crippen molar-refractivity contribution < 1.29 is 19.4 Å². The van der Waals surface area contributed by atoms with Gasteiger partial charge in [-0.15, -0.1) is 0 Å². The zero-order valence-electron chi connectivity index (χ0n) is 11.5. The van der Waals surface area contributed by atoms with Gasteiger partial charge in [-0.25, -0.2) is 0 Å². The first kappa shape index (κ1) is 15.8. The van der Waals surface area contributed by atoms with Crippen LogP contribution in [0.25, 0.3) is 0 Å². The summed E-state index contributed by atoms with van der Waals surface area (Å²) in [6.45, 7) is -0.0328. The van der Waals surface area contributed by atoms with Gasteiger partial charge in [0, 0.05) is 10.7 Å². The average molecular weight is 312 g/mol. The summed E-state index contributed by atoms with van der Waals surface area (Å²) in [4.78, 5) is 22.6. The molecule has 1 fully saturated rings. The standard InChI is InChI=1S/C15H18ClNO4/c16-11-2-1-3-12(8-11)17-14(18)9-21-13-6-4-10(5-7-13)15(19)20/h1-3,8,10,13H,4-7,9H2,(H,17,18)(H,19,20). The van der Waals surface area contributed by atoms with Gasteiger partial charge in [-0.3, -0.25) is 9.59 Å². The van der Waals surface area contributed by atoms with Crippen LogP contribution in [0.15, 0.2) is 24.3 Å². The number of carboxylic acids is 1. The highest BCUT2D eigenvalue weighted by molar-refractivity contribution is 6.30. The van der Waals surface area contributed by atoms with Crippen LogP contribution in [0.2, 0.25) is 5.02 Å². The maximum Gasteiger partial charge on any atom is 0.306 e. The van der Waals surface area contributed by atoms with Crippen molar-refractivity contribution in [3.63, 3.8) is 0 Å². The number of aliphatic carboxylic acids is 1. The van der Waals surface area contributed by atoms with E-state index in [2.05, 4.69) is 5.32 Å². The molecule has 1 aromatic carbocycles. The molecule has 1 amide bonds. The normalized spacial score (nSPS) is 21.8. The average Bonchev–Trinajstić information content (AvgIpc) is 2.45. The van der Waals surface area contributed by atoms with Gasteiger partial charge in [-0.05, 0) is 43.9 Å². The van der Waals surface area contributed by atoms with Crippen LogP contribution in [-0.4, -0.2) is 29.7 Å². The molecule has 0 atom stereocenters. The van der Waals surface area contributed by atoms with Crippen LogP contribution in [0.3, 0.4) is 0 Å². The number of amides is 1. The van der Waals surface area contributed by atoms with E-state index < -0.39 is 5.97 Å². The lowest BCUT2D eigenvalue weighted by molar-refractivity contribution is -0.144. The van der Waals surface area contributed by atoms with E-state index in [1.54, 1.807) is 24.3 Å². The summed E-state index contributed by atoms with van der Waals surface area (Å²) in [5, 5.41) is 12.2. The SMILES string of the molecule is O=C(COC1CCC(C(=O)O)CC1)Nc1cccc(Cl)c1. The minimum atomic E-state index is -0.743. The number of rotatable bonds is 5. The van der Waals surface area contributed by atoms with Gasteiger partial charge in [0.1, 0.15) is 6.61 Å². The third-order valence-electron chi connectivity index (χ3n) is 3.58. The number of halogens is 1. The van der Waals surface area contributed by atoms with E-state index in [1.165, 1.54) is 0 Å². The van der Waals surface area contributed by atoms with Crippen LogP contribution < -0.4 is 5.32 Å². The lowest BCUT2D eigenvalue weighted by atomic mass is 9.87. The molecule has 0 aromatic heterocycles.